The van der Waals surface area contributed by atoms with Gasteiger partial charge in [0.25, 0.3) is 5.91 Å². The van der Waals surface area contributed by atoms with Gasteiger partial charge in [-0.1, -0.05) is 0 Å². The quantitative estimate of drug-likeness (QED) is 0.649. The number of hydrogen-bond acceptors (Lipinski definition) is 7. The van der Waals surface area contributed by atoms with Gasteiger partial charge in [0, 0.05) is 11.9 Å². The predicted molar refractivity (Wildman–Crippen MR) is 103 cm³/mol. The lowest BCUT2D eigenvalue weighted by atomic mass is 10.1. The molecule has 3 rings (SSSR count). The second-order valence-corrected chi connectivity index (χ2v) is 7.39. The Balaban J connectivity index is 1.79. The van der Waals surface area contributed by atoms with Crippen LogP contribution in [0.3, 0.4) is 0 Å². The van der Waals surface area contributed by atoms with E-state index in [1.807, 2.05) is 13.8 Å². The van der Waals surface area contributed by atoms with E-state index in [1.165, 1.54) is 11.3 Å². The standard InChI is InChI=1S/C19H21N3O4S/c1-10(2)26-14(23)7-8-20-18(24)16-11(3)15-12(4)21-17(22-19(15)27-16)13-6-5-9-25-13/h5-6,9-10H,7-8H2,1-4H3,(H,20,24). The fourth-order valence-corrected chi connectivity index (χ4v) is 3.90. The van der Waals surface area contributed by atoms with Gasteiger partial charge >= 0.3 is 5.97 Å². The molecular weight excluding hydrogens is 366 g/mol. The lowest BCUT2D eigenvalue weighted by Crippen LogP contribution is -2.26. The van der Waals surface area contributed by atoms with Gasteiger partial charge < -0.3 is 14.5 Å². The molecule has 3 heterocycles. The molecule has 0 bridgehead atoms. The number of hydrogen-bond donors (Lipinski definition) is 1. The molecule has 0 aliphatic heterocycles. The Morgan fingerprint density at radius 3 is 2.74 bits per heavy atom. The minimum Gasteiger partial charge on any atom is -0.463 e. The van der Waals surface area contributed by atoms with E-state index < -0.39 is 0 Å². The number of nitrogens with one attached hydrogen (secondary N) is 1. The molecular formula is C19H21N3O4S. The summed E-state index contributed by atoms with van der Waals surface area (Å²) >= 11 is 1.31. The van der Waals surface area contributed by atoms with Crippen molar-refractivity contribution in [2.75, 3.05) is 6.54 Å². The molecule has 0 spiro atoms. The Hall–Kier alpha value is -2.74. The fourth-order valence-electron chi connectivity index (χ4n) is 2.75. The van der Waals surface area contributed by atoms with Crippen molar-refractivity contribution in [1.29, 1.82) is 0 Å². The highest BCUT2D eigenvalue weighted by Crippen LogP contribution is 2.32. The maximum Gasteiger partial charge on any atom is 0.307 e. The number of carbonyl (C=O) groups is 2. The Morgan fingerprint density at radius 2 is 2.07 bits per heavy atom. The molecule has 0 aliphatic rings. The zero-order chi connectivity index (χ0) is 19.6. The van der Waals surface area contributed by atoms with Crippen LogP contribution >= 0.6 is 11.3 Å². The summed E-state index contributed by atoms with van der Waals surface area (Å²) in [6.07, 6.45) is 1.54. The molecule has 1 N–H and O–H groups in total. The Bertz CT molecular complexity index is 977. The van der Waals surface area contributed by atoms with Crippen molar-refractivity contribution < 1.29 is 18.7 Å². The van der Waals surface area contributed by atoms with E-state index in [9.17, 15) is 9.59 Å². The van der Waals surface area contributed by atoms with E-state index in [2.05, 4.69) is 15.3 Å². The van der Waals surface area contributed by atoms with Crippen LogP contribution in [-0.2, 0) is 9.53 Å². The van der Waals surface area contributed by atoms with E-state index in [-0.39, 0.29) is 30.9 Å². The van der Waals surface area contributed by atoms with Crippen LogP contribution in [0.15, 0.2) is 22.8 Å². The monoisotopic (exact) mass is 387 g/mol. The van der Waals surface area contributed by atoms with Crippen molar-refractivity contribution in [3.63, 3.8) is 0 Å². The van der Waals surface area contributed by atoms with Crippen molar-refractivity contribution in [2.45, 2.75) is 40.2 Å². The van der Waals surface area contributed by atoms with Crippen molar-refractivity contribution in [1.82, 2.24) is 15.3 Å². The largest absolute Gasteiger partial charge is 0.463 e. The van der Waals surface area contributed by atoms with Gasteiger partial charge in [0.05, 0.1) is 29.4 Å². The summed E-state index contributed by atoms with van der Waals surface area (Å²) < 4.78 is 10.4. The molecule has 142 valence electrons. The molecule has 0 radical (unpaired) electrons. The minimum atomic E-state index is -0.330. The number of aryl methyl sites for hydroxylation is 2. The number of nitrogens with zero attached hydrogens (tertiary/aromatic N) is 2. The molecule has 0 unspecified atom stereocenters. The smallest absolute Gasteiger partial charge is 0.307 e. The van der Waals surface area contributed by atoms with Gasteiger partial charge in [0.15, 0.2) is 11.6 Å². The first-order valence-corrected chi connectivity index (χ1v) is 9.47. The number of furan rings is 1. The summed E-state index contributed by atoms with van der Waals surface area (Å²) in [6, 6.07) is 3.58. The first-order valence-electron chi connectivity index (χ1n) is 8.66. The van der Waals surface area contributed by atoms with Crippen LogP contribution in [0.1, 0.15) is 41.2 Å². The maximum atomic E-state index is 12.5. The maximum absolute atomic E-state index is 12.5. The number of aromatic nitrogens is 2. The van der Waals surface area contributed by atoms with Crippen LogP contribution in [0.4, 0.5) is 0 Å². The van der Waals surface area contributed by atoms with Crippen LogP contribution in [0.5, 0.6) is 0 Å². The lowest BCUT2D eigenvalue weighted by Gasteiger charge is -2.08. The molecule has 27 heavy (non-hydrogen) atoms. The van der Waals surface area contributed by atoms with Crippen LogP contribution < -0.4 is 5.32 Å². The number of ether oxygens (including phenoxy) is 1. The van der Waals surface area contributed by atoms with Gasteiger partial charge in [-0.2, -0.15) is 0 Å². The van der Waals surface area contributed by atoms with E-state index in [0.29, 0.717) is 16.5 Å². The van der Waals surface area contributed by atoms with E-state index >= 15 is 0 Å². The molecule has 0 saturated heterocycles. The molecule has 3 aromatic rings. The van der Waals surface area contributed by atoms with Gasteiger partial charge in [-0.15, -0.1) is 11.3 Å². The van der Waals surface area contributed by atoms with E-state index in [1.54, 1.807) is 32.2 Å². The molecule has 1 amide bonds. The van der Waals surface area contributed by atoms with Crippen molar-refractivity contribution in [2.24, 2.45) is 0 Å². The normalized spacial score (nSPS) is 11.1. The summed E-state index contributed by atoms with van der Waals surface area (Å²) in [5.74, 6) is 0.519. The highest BCUT2D eigenvalue weighted by atomic mass is 32.1. The molecule has 0 aliphatic carbocycles. The van der Waals surface area contributed by atoms with Crippen LogP contribution in [0.25, 0.3) is 21.8 Å². The molecule has 0 aromatic carbocycles. The van der Waals surface area contributed by atoms with E-state index in [4.69, 9.17) is 9.15 Å². The van der Waals surface area contributed by atoms with Gasteiger partial charge in [0.1, 0.15) is 4.83 Å². The Kier molecular flexibility index (Phi) is 5.55. The van der Waals surface area contributed by atoms with Crippen molar-refractivity contribution in [3.8, 4) is 11.6 Å². The average molecular weight is 387 g/mol. The number of amides is 1. The van der Waals surface area contributed by atoms with Crippen molar-refractivity contribution >= 4 is 33.4 Å². The van der Waals surface area contributed by atoms with Gasteiger partial charge in [-0.25, -0.2) is 9.97 Å². The van der Waals surface area contributed by atoms with Crippen molar-refractivity contribution in [3.05, 3.63) is 34.5 Å². The summed E-state index contributed by atoms with van der Waals surface area (Å²) in [7, 11) is 0. The van der Waals surface area contributed by atoms with E-state index in [0.717, 1.165) is 21.5 Å². The Labute approximate surface area is 160 Å². The average Bonchev–Trinajstić information content (AvgIpc) is 3.22. The summed E-state index contributed by atoms with van der Waals surface area (Å²) in [5.41, 5.74) is 1.63. The molecule has 7 nitrogen and oxygen atoms in total. The zero-order valence-corrected chi connectivity index (χ0v) is 16.5. The number of esters is 1. The third-order valence-electron chi connectivity index (χ3n) is 3.90. The second kappa shape index (κ2) is 7.87. The van der Waals surface area contributed by atoms with Gasteiger partial charge in [0.2, 0.25) is 0 Å². The highest BCUT2D eigenvalue weighted by Gasteiger charge is 2.20. The SMILES string of the molecule is Cc1nc(-c2ccco2)nc2sc(C(=O)NCCC(=O)OC(C)C)c(C)c12. The third-order valence-corrected chi connectivity index (χ3v) is 5.09. The van der Waals surface area contributed by atoms with Crippen LogP contribution in [0, 0.1) is 13.8 Å². The first-order chi connectivity index (χ1) is 12.9. The number of carbonyl (C=O) groups excluding carboxylic acids is 2. The molecule has 3 aromatic heterocycles. The molecule has 0 atom stereocenters. The Morgan fingerprint density at radius 1 is 1.30 bits per heavy atom. The third kappa shape index (κ3) is 4.16. The van der Waals surface area contributed by atoms with Crippen LogP contribution in [0.2, 0.25) is 0 Å². The zero-order valence-electron chi connectivity index (χ0n) is 15.7. The predicted octanol–water partition coefficient (Wildman–Crippen LogP) is 3.64. The van der Waals surface area contributed by atoms with Gasteiger partial charge in [-0.3, -0.25) is 9.59 Å². The summed E-state index contributed by atoms with van der Waals surface area (Å²) in [5, 5.41) is 3.65. The number of fused-ring (bicyclic) bond motifs is 1. The first kappa shape index (κ1) is 19.0. The highest BCUT2D eigenvalue weighted by molar-refractivity contribution is 7.20. The molecule has 0 saturated carbocycles. The fraction of sp³-hybridized carbons (Fsp3) is 0.368. The number of rotatable bonds is 6. The topological polar surface area (TPSA) is 94.3 Å². The molecule has 8 heteroatoms. The summed E-state index contributed by atoms with van der Waals surface area (Å²) in [6.45, 7) is 7.57. The number of thiophene rings is 1. The van der Waals surface area contributed by atoms with Gasteiger partial charge in [-0.05, 0) is 45.4 Å². The van der Waals surface area contributed by atoms with Crippen LogP contribution in [-0.4, -0.2) is 34.5 Å². The summed E-state index contributed by atoms with van der Waals surface area (Å²) in [4.78, 5) is 34.5. The molecule has 0 fully saturated rings. The second-order valence-electron chi connectivity index (χ2n) is 6.39. The lowest BCUT2D eigenvalue weighted by molar-refractivity contribution is -0.147. The minimum absolute atomic E-state index is 0.134.